The Labute approximate surface area is 183 Å². The number of pyridine rings is 1. The molecule has 32 heavy (non-hydrogen) atoms. The van der Waals surface area contributed by atoms with Gasteiger partial charge in [0.05, 0.1) is 23.4 Å². The molecule has 2 aromatic carbocycles. The zero-order valence-corrected chi connectivity index (χ0v) is 17.2. The standard InChI is InChI=1S/C24H21F3N2O3/c1-15-10-17(4-8-21(15)23(30)31)22-9-7-19(11-28-22)32-20-13-29(14-20)12-16-2-5-18(6-3-16)24(25,26)27/h2-11,20H,12-14H2,1H3,(H,30,31)/p-1. The normalized spacial score (nSPS) is 14.8. The van der Waals surface area contributed by atoms with E-state index in [2.05, 4.69) is 9.88 Å². The van der Waals surface area contributed by atoms with Crippen LogP contribution in [0.3, 0.4) is 0 Å². The van der Waals surface area contributed by atoms with Crippen LogP contribution in [-0.4, -0.2) is 35.0 Å². The quantitative estimate of drug-likeness (QED) is 0.584. The van der Waals surface area contributed by atoms with Gasteiger partial charge in [-0.25, -0.2) is 0 Å². The molecule has 2 heterocycles. The fourth-order valence-electron chi connectivity index (χ4n) is 3.65. The molecule has 0 spiro atoms. The summed E-state index contributed by atoms with van der Waals surface area (Å²) in [5.74, 6) is -0.588. The molecule has 0 radical (unpaired) electrons. The lowest BCUT2D eigenvalue weighted by atomic mass is 10.0. The molecule has 166 valence electrons. The summed E-state index contributed by atoms with van der Waals surface area (Å²) in [5.41, 5.74) is 2.43. The van der Waals surface area contributed by atoms with Crippen molar-refractivity contribution in [2.45, 2.75) is 25.7 Å². The number of carboxylic acids is 1. The third kappa shape index (κ3) is 4.91. The van der Waals surface area contributed by atoms with Crippen LogP contribution in [0.4, 0.5) is 13.2 Å². The molecule has 3 aromatic rings. The second-order valence-corrected chi connectivity index (χ2v) is 7.82. The molecule has 0 amide bonds. The van der Waals surface area contributed by atoms with Gasteiger partial charge in [-0.2, -0.15) is 13.2 Å². The Morgan fingerprint density at radius 3 is 2.41 bits per heavy atom. The van der Waals surface area contributed by atoms with Crippen molar-refractivity contribution in [2.24, 2.45) is 0 Å². The van der Waals surface area contributed by atoms with E-state index >= 15 is 0 Å². The molecule has 1 aliphatic heterocycles. The number of carbonyl (C=O) groups is 1. The third-order valence-corrected chi connectivity index (χ3v) is 5.39. The lowest BCUT2D eigenvalue weighted by molar-refractivity contribution is -0.255. The number of likely N-dealkylation sites (tertiary alicyclic amines) is 1. The highest BCUT2D eigenvalue weighted by Crippen LogP contribution is 2.30. The van der Waals surface area contributed by atoms with Crippen molar-refractivity contribution in [1.29, 1.82) is 0 Å². The summed E-state index contributed by atoms with van der Waals surface area (Å²) >= 11 is 0. The average molecular weight is 441 g/mol. The van der Waals surface area contributed by atoms with Crippen LogP contribution in [0.15, 0.2) is 60.8 Å². The van der Waals surface area contributed by atoms with Crippen LogP contribution in [0.2, 0.25) is 0 Å². The van der Waals surface area contributed by atoms with Crippen LogP contribution in [0, 0.1) is 6.92 Å². The Bertz CT molecular complexity index is 1110. The van der Waals surface area contributed by atoms with E-state index in [0.29, 0.717) is 36.6 Å². The maximum absolute atomic E-state index is 12.6. The SMILES string of the molecule is Cc1cc(-c2ccc(OC3CN(Cc4ccc(C(F)(F)F)cc4)C3)cn2)ccc1C(=O)[O-]. The zero-order valence-electron chi connectivity index (χ0n) is 17.2. The molecule has 1 aromatic heterocycles. The number of aryl methyl sites for hydroxylation is 1. The van der Waals surface area contributed by atoms with Crippen molar-refractivity contribution in [1.82, 2.24) is 9.88 Å². The Balaban J connectivity index is 1.29. The summed E-state index contributed by atoms with van der Waals surface area (Å²) in [4.78, 5) is 17.5. The topological polar surface area (TPSA) is 65.5 Å². The van der Waals surface area contributed by atoms with E-state index in [1.165, 1.54) is 18.2 Å². The predicted molar refractivity (Wildman–Crippen MR) is 110 cm³/mol. The number of alkyl halides is 3. The van der Waals surface area contributed by atoms with Crippen molar-refractivity contribution >= 4 is 5.97 Å². The lowest BCUT2D eigenvalue weighted by Gasteiger charge is -2.39. The van der Waals surface area contributed by atoms with E-state index < -0.39 is 17.7 Å². The fraction of sp³-hybridized carbons (Fsp3) is 0.250. The molecular formula is C24H20F3N2O3-. The van der Waals surface area contributed by atoms with Crippen molar-refractivity contribution in [3.8, 4) is 17.0 Å². The lowest BCUT2D eigenvalue weighted by Crippen LogP contribution is -2.53. The Kier molecular flexibility index (Phi) is 5.88. The van der Waals surface area contributed by atoms with E-state index in [-0.39, 0.29) is 11.7 Å². The summed E-state index contributed by atoms with van der Waals surface area (Å²) in [7, 11) is 0. The smallest absolute Gasteiger partial charge is 0.416 e. The number of benzene rings is 2. The minimum atomic E-state index is -4.32. The van der Waals surface area contributed by atoms with E-state index in [0.717, 1.165) is 23.3 Å². The van der Waals surface area contributed by atoms with Gasteiger partial charge >= 0.3 is 6.18 Å². The number of aromatic carboxylic acids is 1. The predicted octanol–water partition coefficient (Wildman–Crippen LogP) is 3.70. The molecule has 0 atom stereocenters. The van der Waals surface area contributed by atoms with Crippen molar-refractivity contribution < 1.29 is 27.8 Å². The number of hydrogen-bond acceptors (Lipinski definition) is 5. The Hall–Kier alpha value is -3.39. The second-order valence-electron chi connectivity index (χ2n) is 7.82. The minimum absolute atomic E-state index is 0.0123. The average Bonchev–Trinajstić information content (AvgIpc) is 2.72. The first-order chi connectivity index (χ1) is 15.2. The summed E-state index contributed by atoms with van der Waals surface area (Å²) in [5, 5.41) is 11.0. The van der Waals surface area contributed by atoms with Gasteiger partial charge in [-0.05, 0) is 48.4 Å². The van der Waals surface area contributed by atoms with Gasteiger partial charge < -0.3 is 14.6 Å². The maximum atomic E-state index is 12.6. The van der Waals surface area contributed by atoms with Gasteiger partial charge in [0.2, 0.25) is 0 Å². The number of nitrogens with zero attached hydrogens (tertiary/aromatic N) is 2. The molecule has 4 rings (SSSR count). The zero-order chi connectivity index (χ0) is 22.9. The van der Waals surface area contributed by atoms with Crippen LogP contribution in [0.5, 0.6) is 5.75 Å². The number of hydrogen-bond donors (Lipinski definition) is 0. The van der Waals surface area contributed by atoms with Gasteiger partial charge in [0.25, 0.3) is 0 Å². The molecule has 0 bridgehead atoms. The van der Waals surface area contributed by atoms with Crippen LogP contribution in [0.1, 0.15) is 27.0 Å². The van der Waals surface area contributed by atoms with E-state index in [9.17, 15) is 23.1 Å². The number of aromatic nitrogens is 1. The molecule has 0 aliphatic carbocycles. The first kappa shape index (κ1) is 21.8. The van der Waals surface area contributed by atoms with Gasteiger partial charge in [-0.1, -0.05) is 24.3 Å². The van der Waals surface area contributed by atoms with Gasteiger partial charge in [-0.15, -0.1) is 0 Å². The first-order valence-electron chi connectivity index (χ1n) is 10.0. The monoisotopic (exact) mass is 441 g/mol. The van der Waals surface area contributed by atoms with Crippen LogP contribution < -0.4 is 9.84 Å². The number of carboxylic acid groups (broad SMARTS) is 1. The first-order valence-corrected chi connectivity index (χ1v) is 10.0. The Morgan fingerprint density at radius 2 is 1.84 bits per heavy atom. The molecule has 1 fully saturated rings. The van der Waals surface area contributed by atoms with E-state index in [1.807, 2.05) is 6.07 Å². The number of rotatable bonds is 6. The summed E-state index contributed by atoms with van der Waals surface area (Å²) < 4.78 is 43.8. The molecule has 0 unspecified atom stereocenters. The van der Waals surface area contributed by atoms with Gasteiger partial charge in [0, 0.05) is 30.8 Å². The number of carbonyl (C=O) groups excluding carboxylic acids is 1. The van der Waals surface area contributed by atoms with Crippen LogP contribution in [0.25, 0.3) is 11.3 Å². The van der Waals surface area contributed by atoms with Crippen molar-refractivity contribution in [3.63, 3.8) is 0 Å². The van der Waals surface area contributed by atoms with Crippen LogP contribution in [-0.2, 0) is 12.7 Å². The van der Waals surface area contributed by atoms with E-state index in [4.69, 9.17) is 4.74 Å². The summed E-state index contributed by atoms with van der Waals surface area (Å²) in [6.45, 7) is 3.62. The van der Waals surface area contributed by atoms with Gasteiger partial charge in [0.1, 0.15) is 11.9 Å². The van der Waals surface area contributed by atoms with E-state index in [1.54, 1.807) is 31.3 Å². The molecule has 0 N–H and O–H groups in total. The van der Waals surface area contributed by atoms with Gasteiger partial charge in [0.15, 0.2) is 0 Å². The summed E-state index contributed by atoms with van der Waals surface area (Å²) in [6.07, 6.45) is -2.71. The van der Waals surface area contributed by atoms with Crippen molar-refractivity contribution in [2.75, 3.05) is 13.1 Å². The number of ether oxygens (including phenoxy) is 1. The molecule has 1 saturated heterocycles. The molecule has 0 saturated carbocycles. The number of halogens is 3. The maximum Gasteiger partial charge on any atom is 0.416 e. The highest BCUT2D eigenvalue weighted by molar-refractivity contribution is 5.88. The molecule has 5 nitrogen and oxygen atoms in total. The molecular weight excluding hydrogens is 421 g/mol. The molecule has 1 aliphatic rings. The highest BCUT2D eigenvalue weighted by Gasteiger charge is 2.31. The van der Waals surface area contributed by atoms with Gasteiger partial charge in [-0.3, -0.25) is 9.88 Å². The van der Waals surface area contributed by atoms with Crippen molar-refractivity contribution in [3.05, 3.63) is 83.0 Å². The molecule has 8 heteroatoms. The third-order valence-electron chi connectivity index (χ3n) is 5.39. The second kappa shape index (κ2) is 8.63. The van der Waals surface area contributed by atoms with Crippen LogP contribution >= 0.6 is 0 Å². The largest absolute Gasteiger partial charge is 0.545 e. The minimum Gasteiger partial charge on any atom is -0.545 e. The fourth-order valence-corrected chi connectivity index (χ4v) is 3.65. The highest BCUT2D eigenvalue weighted by atomic mass is 19.4. The summed E-state index contributed by atoms with van der Waals surface area (Å²) in [6, 6.07) is 13.8. The Morgan fingerprint density at radius 1 is 1.12 bits per heavy atom.